The first-order valence-corrected chi connectivity index (χ1v) is 8.40. The minimum absolute atomic E-state index is 0.156. The highest BCUT2D eigenvalue weighted by molar-refractivity contribution is 7.18. The molecule has 0 N–H and O–H groups in total. The van der Waals surface area contributed by atoms with Crippen LogP contribution in [0.15, 0.2) is 24.4 Å². The van der Waals surface area contributed by atoms with Gasteiger partial charge in [-0.25, -0.2) is 14.4 Å². The van der Waals surface area contributed by atoms with E-state index in [-0.39, 0.29) is 5.75 Å². The predicted octanol–water partition coefficient (Wildman–Crippen LogP) is 4.37. The van der Waals surface area contributed by atoms with Crippen LogP contribution in [0.3, 0.4) is 0 Å². The van der Waals surface area contributed by atoms with Gasteiger partial charge in [0.2, 0.25) is 0 Å². The molecule has 0 saturated carbocycles. The quantitative estimate of drug-likeness (QED) is 0.703. The first-order valence-electron chi connectivity index (χ1n) is 7.20. The van der Waals surface area contributed by atoms with Gasteiger partial charge in [-0.1, -0.05) is 22.9 Å². The summed E-state index contributed by atoms with van der Waals surface area (Å²) in [6.07, 6.45) is 3.02. The molecule has 0 spiro atoms. The van der Waals surface area contributed by atoms with Crippen LogP contribution < -0.4 is 9.64 Å². The van der Waals surface area contributed by atoms with Crippen molar-refractivity contribution in [1.29, 1.82) is 0 Å². The number of hydrogen-bond donors (Lipinski definition) is 0. The maximum absolute atomic E-state index is 13.8. The molecule has 0 unspecified atom stereocenters. The minimum atomic E-state index is -0.450. The topological polar surface area (TPSA) is 38.3 Å². The van der Waals surface area contributed by atoms with E-state index in [9.17, 15) is 4.39 Å². The molecule has 1 aliphatic heterocycles. The molecule has 0 amide bonds. The van der Waals surface area contributed by atoms with E-state index >= 15 is 0 Å². The molecule has 7 heteroatoms. The van der Waals surface area contributed by atoms with Crippen LogP contribution in [0.4, 0.5) is 9.52 Å². The Hall–Kier alpha value is -1.92. The highest BCUT2D eigenvalue weighted by Gasteiger charge is 2.19. The van der Waals surface area contributed by atoms with Gasteiger partial charge in [-0.3, -0.25) is 0 Å². The number of methoxy groups -OCH3 is 1. The van der Waals surface area contributed by atoms with Gasteiger partial charge in [0.25, 0.3) is 0 Å². The number of aromatic nitrogens is 2. The average molecular weight is 350 g/mol. The molecular weight excluding hydrogens is 337 g/mol. The van der Waals surface area contributed by atoms with Crippen molar-refractivity contribution in [3.05, 3.63) is 35.2 Å². The number of pyridine rings is 1. The van der Waals surface area contributed by atoms with Crippen molar-refractivity contribution in [2.24, 2.45) is 0 Å². The van der Waals surface area contributed by atoms with E-state index in [1.54, 1.807) is 23.5 Å². The number of rotatable bonds is 3. The van der Waals surface area contributed by atoms with Crippen LogP contribution in [0.5, 0.6) is 5.75 Å². The zero-order chi connectivity index (χ0) is 16.0. The molecule has 1 saturated heterocycles. The molecule has 1 aliphatic rings. The standard InChI is InChI=1S/C16H13ClFN3OS/c1-22-14-7-12-9(5-11(14)18)10(17)6-13(20-12)15-8-19-16(23-15)21-3-2-4-21/h5-8H,2-4H2,1H3. The second-order valence-corrected chi connectivity index (χ2v) is 6.76. The summed E-state index contributed by atoms with van der Waals surface area (Å²) < 4.78 is 18.9. The summed E-state index contributed by atoms with van der Waals surface area (Å²) in [6.45, 7) is 2.10. The number of hydrogen-bond acceptors (Lipinski definition) is 5. The van der Waals surface area contributed by atoms with Gasteiger partial charge in [-0.05, 0) is 18.6 Å². The van der Waals surface area contributed by atoms with Crippen molar-refractivity contribution in [2.75, 3.05) is 25.1 Å². The first-order chi connectivity index (χ1) is 11.2. The van der Waals surface area contributed by atoms with E-state index in [2.05, 4.69) is 14.9 Å². The van der Waals surface area contributed by atoms with Crippen molar-refractivity contribution in [3.63, 3.8) is 0 Å². The van der Waals surface area contributed by atoms with E-state index in [0.717, 1.165) is 28.8 Å². The first kappa shape index (κ1) is 14.7. The summed E-state index contributed by atoms with van der Waals surface area (Å²) in [4.78, 5) is 12.2. The van der Waals surface area contributed by atoms with E-state index in [1.165, 1.54) is 19.6 Å². The molecule has 2 aromatic heterocycles. The normalized spacial score (nSPS) is 14.1. The van der Waals surface area contributed by atoms with E-state index in [1.807, 2.05) is 6.20 Å². The fraction of sp³-hybridized carbons (Fsp3) is 0.250. The summed E-state index contributed by atoms with van der Waals surface area (Å²) in [5, 5.41) is 2.03. The summed E-state index contributed by atoms with van der Waals surface area (Å²) in [6, 6.07) is 4.67. The number of ether oxygens (including phenoxy) is 1. The Balaban J connectivity index is 1.80. The predicted molar refractivity (Wildman–Crippen MR) is 91.2 cm³/mol. The molecule has 3 heterocycles. The molecule has 4 nitrogen and oxygen atoms in total. The van der Waals surface area contributed by atoms with Crippen LogP contribution in [0.2, 0.25) is 5.02 Å². The van der Waals surface area contributed by atoms with Crippen LogP contribution in [-0.2, 0) is 0 Å². The zero-order valence-electron chi connectivity index (χ0n) is 12.3. The van der Waals surface area contributed by atoms with Gasteiger partial charge in [0, 0.05) is 30.7 Å². The lowest BCUT2D eigenvalue weighted by molar-refractivity contribution is 0.387. The largest absolute Gasteiger partial charge is 0.494 e. The lowest BCUT2D eigenvalue weighted by Crippen LogP contribution is -2.36. The monoisotopic (exact) mass is 349 g/mol. The van der Waals surface area contributed by atoms with Crippen LogP contribution in [0.1, 0.15) is 6.42 Å². The van der Waals surface area contributed by atoms with Gasteiger partial charge < -0.3 is 9.64 Å². The van der Waals surface area contributed by atoms with Crippen molar-refractivity contribution < 1.29 is 9.13 Å². The van der Waals surface area contributed by atoms with Crippen molar-refractivity contribution in [3.8, 4) is 16.3 Å². The maximum Gasteiger partial charge on any atom is 0.185 e. The Bertz CT molecular complexity index is 894. The Morgan fingerprint density at radius 3 is 2.83 bits per heavy atom. The number of nitrogens with zero attached hydrogens (tertiary/aromatic N) is 3. The van der Waals surface area contributed by atoms with Gasteiger partial charge in [-0.15, -0.1) is 0 Å². The second kappa shape index (κ2) is 5.62. The minimum Gasteiger partial charge on any atom is -0.494 e. The third-order valence-corrected chi connectivity index (χ3v) is 5.30. The highest BCUT2D eigenvalue weighted by Crippen LogP contribution is 2.36. The molecule has 23 heavy (non-hydrogen) atoms. The fourth-order valence-electron chi connectivity index (χ4n) is 2.51. The fourth-order valence-corrected chi connectivity index (χ4v) is 3.69. The third kappa shape index (κ3) is 2.52. The van der Waals surface area contributed by atoms with Gasteiger partial charge in [0.1, 0.15) is 0 Å². The van der Waals surface area contributed by atoms with Crippen molar-refractivity contribution in [2.45, 2.75) is 6.42 Å². The molecule has 3 aromatic rings. The smallest absolute Gasteiger partial charge is 0.185 e. The highest BCUT2D eigenvalue weighted by atomic mass is 35.5. The average Bonchev–Trinajstić information content (AvgIpc) is 2.95. The lowest BCUT2D eigenvalue weighted by Gasteiger charge is -2.30. The Morgan fingerprint density at radius 1 is 1.30 bits per heavy atom. The number of anilines is 1. The summed E-state index contributed by atoms with van der Waals surface area (Å²) in [7, 11) is 1.43. The number of halogens is 2. The molecule has 0 bridgehead atoms. The Morgan fingerprint density at radius 2 is 2.13 bits per heavy atom. The molecule has 1 fully saturated rings. The molecular formula is C16H13ClFN3OS. The second-order valence-electron chi connectivity index (χ2n) is 5.34. The third-order valence-electron chi connectivity index (χ3n) is 3.90. The van der Waals surface area contributed by atoms with Crippen molar-refractivity contribution in [1.82, 2.24) is 9.97 Å². The van der Waals surface area contributed by atoms with E-state index < -0.39 is 5.82 Å². The van der Waals surface area contributed by atoms with Crippen molar-refractivity contribution >= 4 is 39.0 Å². The molecule has 4 rings (SSSR count). The van der Waals surface area contributed by atoms with Crippen LogP contribution in [0.25, 0.3) is 21.5 Å². The summed E-state index contributed by atoms with van der Waals surface area (Å²) in [5.41, 5.74) is 1.34. The molecule has 1 aromatic carbocycles. The Labute approximate surface area is 141 Å². The van der Waals surface area contributed by atoms with Gasteiger partial charge in [-0.2, -0.15) is 0 Å². The Kier molecular flexibility index (Phi) is 3.58. The zero-order valence-corrected chi connectivity index (χ0v) is 13.9. The molecule has 0 radical (unpaired) electrons. The van der Waals surface area contributed by atoms with E-state index in [4.69, 9.17) is 16.3 Å². The van der Waals surface area contributed by atoms with Crippen LogP contribution in [-0.4, -0.2) is 30.2 Å². The molecule has 118 valence electrons. The SMILES string of the molecule is COc1cc2nc(-c3cnc(N4CCC4)s3)cc(Cl)c2cc1F. The molecule has 0 atom stereocenters. The molecule has 0 aliphatic carbocycles. The summed E-state index contributed by atoms with van der Waals surface area (Å²) >= 11 is 7.90. The summed E-state index contributed by atoms with van der Waals surface area (Å²) in [5.74, 6) is -0.293. The van der Waals surface area contributed by atoms with Crippen LogP contribution >= 0.6 is 22.9 Å². The van der Waals surface area contributed by atoms with Gasteiger partial charge in [0.05, 0.1) is 28.2 Å². The maximum atomic E-state index is 13.8. The van der Waals surface area contributed by atoms with Gasteiger partial charge in [0.15, 0.2) is 16.7 Å². The van der Waals surface area contributed by atoms with E-state index in [0.29, 0.717) is 15.9 Å². The number of thiazole rings is 1. The van der Waals surface area contributed by atoms with Gasteiger partial charge >= 0.3 is 0 Å². The number of fused-ring (bicyclic) bond motifs is 1. The lowest BCUT2D eigenvalue weighted by atomic mass is 10.1. The van der Waals surface area contributed by atoms with Crippen LogP contribution in [0, 0.1) is 5.82 Å². The number of benzene rings is 1.